The number of hydrogen-bond donors (Lipinski definition) is 0. The molecule has 0 heterocycles. The molecule has 0 spiro atoms. The van der Waals surface area contributed by atoms with E-state index in [4.69, 9.17) is 4.74 Å². The van der Waals surface area contributed by atoms with Crippen molar-refractivity contribution >= 4 is 0 Å². The lowest BCUT2D eigenvalue weighted by Gasteiger charge is -2.03. The van der Waals surface area contributed by atoms with Crippen LogP contribution in [0.15, 0.2) is 12.2 Å². The molecule has 0 fully saturated rings. The van der Waals surface area contributed by atoms with Gasteiger partial charge in [-0.25, -0.2) is 0 Å². The van der Waals surface area contributed by atoms with Crippen LogP contribution in [0, 0.1) is 0 Å². The van der Waals surface area contributed by atoms with Gasteiger partial charge in [-0.3, -0.25) is 0 Å². The third-order valence-corrected chi connectivity index (χ3v) is 1.11. The van der Waals surface area contributed by atoms with Gasteiger partial charge in [0.1, 0.15) is 0 Å². The van der Waals surface area contributed by atoms with E-state index in [1.54, 1.807) is 7.11 Å². The van der Waals surface area contributed by atoms with E-state index in [1.807, 2.05) is 13.0 Å². The van der Waals surface area contributed by atoms with Gasteiger partial charge in [-0.2, -0.15) is 0 Å². The molecule has 0 N–H and O–H groups in total. The van der Waals surface area contributed by atoms with Crippen LogP contribution in [0.2, 0.25) is 0 Å². The van der Waals surface area contributed by atoms with Crippen LogP contribution in [0.25, 0.3) is 0 Å². The summed E-state index contributed by atoms with van der Waals surface area (Å²) in [6, 6.07) is 0. The largest absolute Gasteiger partial charge is 0.381 e. The van der Waals surface area contributed by atoms with Gasteiger partial charge in [0.2, 0.25) is 0 Å². The third kappa shape index (κ3) is 3.88. The fourth-order valence-corrected chi connectivity index (χ4v) is 0.424. The van der Waals surface area contributed by atoms with Crippen molar-refractivity contribution in [1.82, 2.24) is 0 Å². The van der Waals surface area contributed by atoms with Crippen LogP contribution in [0.1, 0.15) is 20.3 Å². The second kappa shape index (κ2) is 4.85. The van der Waals surface area contributed by atoms with Gasteiger partial charge in [-0.05, 0) is 20.3 Å². The van der Waals surface area contributed by atoms with Gasteiger partial charge < -0.3 is 4.74 Å². The Morgan fingerprint density at radius 3 is 2.62 bits per heavy atom. The highest BCUT2D eigenvalue weighted by Crippen LogP contribution is 1.94. The molecule has 1 atom stereocenters. The first-order valence-electron chi connectivity index (χ1n) is 2.95. The Balaban J connectivity index is 3.10. The van der Waals surface area contributed by atoms with Gasteiger partial charge in [0.25, 0.3) is 0 Å². The topological polar surface area (TPSA) is 9.23 Å². The summed E-state index contributed by atoms with van der Waals surface area (Å²) in [6.45, 7) is 4.07. The van der Waals surface area contributed by atoms with Gasteiger partial charge >= 0.3 is 0 Å². The number of rotatable bonds is 3. The van der Waals surface area contributed by atoms with E-state index in [-0.39, 0.29) is 0 Å². The zero-order valence-electron chi connectivity index (χ0n) is 5.85. The molecule has 0 radical (unpaired) electrons. The SMILES string of the molecule is C/C=C/C[C@@H](C)OC. The highest BCUT2D eigenvalue weighted by atomic mass is 16.5. The molecule has 0 rings (SSSR count). The van der Waals surface area contributed by atoms with Crippen LogP contribution >= 0.6 is 0 Å². The van der Waals surface area contributed by atoms with Gasteiger partial charge in [0.05, 0.1) is 6.10 Å². The molecule has 0 aromatic carbocycles. The Morgan fingerprint density at radius 1 is 1.62 bits per heavy atom. The molecule has 0 aliphatic rings. The lowest BCUT2D eigenvalue weighted by atomic mass is 10.3. The van der Waals surface area contributed by atoms with Gasteiger partial charge in [-0.1, -0.05) is 12.2 Å². The Hall–Kier alpha value is -0.300. The van der Waals surface area contributed by atoms with Crippen LogP contribution in [0.3, 0.4) is 0 Å². The maximum Gasteiger partial charge on any atom is 0.0577 e. The molecule has 0 amide bonds. The van der Waals surface area contributed by atoms with Crippen LogP contribution in [0.5, 0.6) is 0 Å². The first-order valence-corrected chi connectivity index (χ1v) is 2.95. The highest BCUT2D eigenvalue weighted by Gasteiger charge is 1.91. The van der Waals surface area contributed by atoms with Crippen LogP contribution < -0.4 is 0 Å². The third-order valence-electron chi connectivity index (χ3n) is 1.11. The normalized spacial score (nSPS) is 14.9. The van der Waals surface area contributed by atoms with Crippen molar-refractivity contribution in [2.24, 2.45) is 0 Å². The molecule has 0 aromatic rings. The molecule has 0 saturated carbocycles. The monoisotopic (exact) mass is 114 g/mol. The number of ether oxygens (including phenoxy) is 1. The van der Waals surface area contributed by atoms with Crippen LogP contribution in [-0.2, 0) is 4.74 Å². The second-order valence-corrected chi connectivity index (χ2v) is 1.85. The first kappa shape index (κ1) is 7.70. The summed E-state index contributed by atoms with van der Waals surface area (Å²) >= 11 is 0. The molecule has 0 aliphatic heterocycles. The number of allylic oxidation sites excluding steroid dienone is 1. The average Bonchev–Trinajstić information content (AvgIpc) is 1.83. The van der Waals surface area contributed by atoms with E-state index >= 15 is 0 Å². The molecule has 1 heteroatoms. The molecule has 0 unspecified atom stereocenters. The summed E-state index contributed by atoms with van der Waals surface area (Å²) < 4.78 is 5.00. The summed E-state index contributed by atoms with van der Waals surface area (Å²) in [6.07, 6.45) is 5.53. The maximum absolute atomic E-state index is 5.00. The van der Waals surface area contributed by atoms with Gasteiger partial charge in [-0.15, -0.1) is 0 Å². The quantitative estimate of drug-likeness (QED) is 0.510. The first-order chi connectivity index (χ1) is 3.81. The van der Waals surface area contributed by atoms with Crippen LogP contribution in [0.4, 0.5) is 0 Å². The smallest absolute Gasteiger partial charge is 0.0577 e. The van der Waals surface area contributed by atoms with Crippen molar-refractivity contribution in [1.29, 1.82) is 0 Å². The fraction of sp³-hybridized carbons (Fsp3) is 0.714. The Labute approximate surface area is 51.4 Å². The summed E-state index contributed by atoms with van der Waals surface area (Å²) in [5.74, 6) is 0. The van der Waals surface area contributed by atoms with Crippen molar-refractivity contribution in [3.63, 3.8) is 0 Å². The van der Waals surface area contributed by atoms with E-state index in [0.29, 0.717) is 6.10 Å². The van der Waals surface area contributed by atoms with Crippen molar-refractivity contribution < 1.29 is 4.74 Å². The Morgan fingerprint density at radius 2 is 2.25 bits per heavy atom. The molecule has 0 aliphatic carbocycles. The Bertz CT molecular complexity index is 66.8. The number of methoxy groups -OCH3 is 1. The molecule has 8 heavy (non-hydrogen) atoms. The van der Waals surface area contributed by atoms with Crippen molar-refractivity contribution in [3.8, 4) is 0 Å². The Kier molecular flexibility index (Phi) is 4.67. The molecule has 1 nitrogen and oxygen atoms in total. The van der Waals surface area contributed by atoms with Crippen LogP contribution in [-0.4, -0.2) is 13.2 Å². The minimum atomic E-state index is 0.367. The fourth-order valence-electron chi connectivity index (χ4n) is 0.424. The van der Waals surface area contributed by atoms with E-state index in [0.717, 1.165) is 6.42 Å². The lowest BCUT2D eigenvalue weighted by Crippen LogP contribution is -2.01. The predicted octanol–water partition coefficient (Wildman–Crippen LogP) is 1.99. The highest BCUT2D eigenvalue weighted by molar-refractivity contribution is 4.78. The second-order valence-electron chi connectivity index (χ2n) is 1.85. The van der Waals surface area contributed by atoms with Crippen molar-refractivity contribution in [2.75, 3.05) is 7.11 Å². The summed E-state index contributed by atoms with van der Waals surface area (Å²) in [5, 5.41) is 0. The van der Waals surface area contributed by atoms with E-state index in [2.05, 4.69) is 13.0 Å². The van der Waals surface area contributed by atoms with E-state index < -0.39 is 0 Å². The minimum absolute atomic E-state index is 0.367. The van der Waals surface area contributed by atoms with Crippen molar-refractivity contribution in [2.45, 2.75) is 26.4 Å². The molecule has 0 saturated heterocycles. The molecular formula is C7H14O. The standard InChI is InChI=1S/C7H14O/c1-4-5-6-7(2)8-3/h4-5,7H,6H2,1-3H3/b5-4+/t7-/m1/s1. The molecule has 48 valence electrons. The average molecular weight is 114 g/mol. The van der Waals surface area contributed by atoms with E-state index in [1.165, 1.54) is 0 Å². The molecular weight excluding hydrogens is 100 g/mol. The van der Waals surface area contributed by atoms with E-state index in [9.17, 15) is 0 Å². The van der Waals surface area contributed by atoms with Gasteiger partial charge in [0, 0.05) is 7.11 Å². The lowest BCUT2D eigenvalue weighted by molar-refractivity contribution is 0.121. The zero-order valence-corrected chi connectivity index (χ0v) is 5.85. The summed E-state index contributed by atoms with van der Waals surface area (Å²) in [7, 11) is 1.73. The predicted molar refractivity (Wildman–Crippen MR) is 35.9 cm³/mol. The molecule has 0 bridgehead atoms. The maximum atomic E-state index is 5.00. The van der Waals surface area contributed by atoms with Gasteiger partial charge in [0.15, 0.2) is 0 Å². The number of hydrogen-bond acceptors (Lipinski definition) is 1. The van der Waals surface area contributed by atoms with Crippen molar-refractivity contribution in [3.05, 3.63) is 12.2 Å². The summed E-state index contributed by atoms with van der Waals surface area (Å²) in [4.78, 5) is 0. The molecule has 0 aromatic heterocycles. The summed E-state index contributed by atoms with van der Waals surface area (Å²) in [5.41, 5.74) is 0. The zero-order chi connectivity index (χ0) is 6.41. The minimum Gasteiger partial charge on any atom is -0.381 e.